The average Bonchev–Trinajstić information content (AvgIpc) is 3.20. The van der Waals surface area contributed by atoms with E-state index in [1.807, 2.05) is 54.6 Å². The van der Waals surface area contributed by atoms with Crippen LogP contribution in [0.15, 0.2) is 65.2 Å². The molecule has 0 atom stereocenters. The van der Waals surface area contributed by atoms with Crippen molar-refractivity contribution in [1.29, 1.82) is 0 Å². The van der Waals surface area contributed by atoms with E-state index in [4.69, 9.17) is 4.52 Å². The lowest BCUT2D eigenvalue weighted by Gasteiger charge is -2.34. The van der Waals surface area contributed by atoms with Gasteiger partial charge in [0.25, 0.3) is 5.91 Å². The van der Waals surface area contributed by atoms with Crippen LogP contribution in [-0.2, 0) is 11.3 Å². The van der Waals surface area contributed by atoms with Crippen molar-refractivity contribution < 1.29 is 14.1 Å². The largest absolute Gasteiger partial charge is 0.360 e. The minimum Gasteiger partial charge on any atom is -0.360 e. The predicted molar refractivity (Wildman–Crippen MR) is 122 cm³/mol. The van der Waals surface area contributed by atoms with Crippen LogP contribution in [0.2, 0.25) is 0 Å². The van der Waals surface area contributed by atoms with E-state index in [9.17, 15) is 9.59 Å². The van der Waals surface area contributed by atoms with Gasteiger partial charge in [0.15, 0.2) is 5.82 Å². The lowest BCUT2D eigenvalue weighted by molar-refractivity contribution is -0.117. The number of hydrogen-bond donors (Lipinski definition) is 2. The third-order valence-electron chi connectivity index (χ3n) is 5.35. The van der Waals surface area contributed by atoms with Crippen LogP contribution in [0, 0.1) is 6.92 Å². The Morgan fingerprint density at radius 2 is 1.69 bits per heavy atom. The van der Waals surface area contributed by atoms with Gasteiger partial charge in [-0.3, -0.25) is 19.4 Å². The molecule has 2 heterocycles. The van der Waals surface area contributed by atoms with Crippen molar-refractivity contribution in [3.05, 3.63) is 77.6 Å². The summed E-state index contributed by atoms with van der Waals surface area (Å²) < 4.78 is 4.97. The van der Waals surface area contributed by atoms with Crippen molar-refractivity contribution in [1.82, 2.24) is 15.0 Å². The van der Waals surface area contributed by atoms with Crippen molar-refractivity contribution in [3.8, 4) is 0 Å². The minimum atomic E-state index is -0.115. The fourth-order valence-corrected chi connectivity index (χ4v) is 3.71. The van der Waals surface area contributed by atoms with Crippen LogP contribution in [0.3, 0.4) is 0 Å². The van der Waals surface area contributed by atoms with Crippen molar-refractivity contribution >= 4 is 23.3 Å². The Bertz CT molecular complexity index is 1060. The van der Waals surface area contributed by atoms with Crippen LogP contribution in [0.5, 0.6) is 0 Å². The molecule has 0 bridgehead atoms. The molecule has 4 rings (SSSR count). The number of carbonyl (C=O) groups excluding carboxylic acids is 2. The Balaban J connectivity index is 1.24. The van der Waals surface area contributed by atoms with Crippen molar-refractivity contribution in [3.63, 3.8) is 0 Å². The lowest BCUT2D eigenvalue weighted by atomic mass is 10.1. The first-order valence-electron chi connectivity index (χ1n) is 10.7. The molecular weight excluding hydrogens is 406 g/mol. The number of hydrogen-bond acceptors (Lipinski definition) is 6. The van der Waals surface area contributed by atoms with Crippen LogP contribution in [0.4, 0.5) is 11.5 Å². The van der Waals surface area contributed by atoms with Gasteiger partial charge in [0.05, 0.1) is 6.54 Å². The van der Waals surface area contributed by atoms with Gasteiger partial charge in [-0.05, 0) is 36.8 Å². The normalized spacial score (nSPS) is 14.8. The fraction of sp³-hybridized carbons (Fsp3) is 0.292. The standard InChI is InChI=1S/C24H27N5O3/c1-18-14-22(27-32-18)26-23(30)17-29-12-10-28(11-13-29)16-19-6-5-7-20(15-19)24(31)25-21-8-3-2-4-9-21/h2-9,14-15H,10-13,16-17H2,1H3,(H,25,31)(H,26,27,30). The molecule has 0 radical (unpaired) electrons. The van der Waals surface area contributed by atoms with E-state index in [1.165, 1.54) is 0 Å². The molecule has 0 spiro atoms. The third kappa shape index (κ3) is 6.03. The van der Waals surface area contributed by atoms with Crippen molar-refractivity contribution in [2.45, 2.75) is 13.5 Å². The summed E-state index contributed by atoms with van der Waals surface area (Å²) in [6.07, 6.45) is 0. The molecule has 0 aliphatic carbocycles. The van der Waals surface area contributed by atoms with E-state index in [0.717, 1.165) is 44.0 Å². The Morgan fingerprint density at radius 1 is 0.938 bits per heavy atom. The van der Waals surface area contributed by atoms with Crippen LogP contribution in [-0.4, -0.2) is 59.5 Å². The summed E-state index contributed by atoms with van der Waals surface area (Å²) in [4.78, 5) is 29.2. The number of anilines is 2. The van der Waals surface area contributed by atoms with Crippen LogP contribution < -0.4 is 10.6 Å². The van der Waals surface area contributed by atoms with E-state index >= 15 is 0 Å². The molecule has 2 aromatic carbocycles. The van der Waals surface area contributed by atoms with Gasteiger partial charge in [0.2, 0.25) is 5.91 Å². The number of amides is 2. The Hall–Kier alpha value is -3.49. The van der Waals surface area contributed by atoms with Gasteiger partial charge in [-0.1, -0.05) is 35.5 Å². The number of aromatic nitrogens is 1. The first-order chi connectivity index (χ1) is 15.5. The van der Waals surface area contributed by atoms with Gasteiger partial charge >= 0.3 is 0 Å². The fourth-order valence-electron chi connectivity index (χ4n) is 3.71. The quantitative estimate of drug-likeness (QED) is 0.595. The van der Waals surface area contributed by atoms with Gasteiger partial charge in [0.1, 0.15) is 5.76 Å². The second-order valence-electron chi connectivity index (χ2n) is 7.94. The maximum Gasteiger partial charge on any atom is 0.255 e. The minimum absolute atomic E-state index is 0.0936. The van der Waals surface area contributed by atoms with Gasteiger partial charge in [-0.15, -0.1) is 0 Å². The molecule has 166 valence electrons. The predicted octanol–water partition coefficient (Wildman–Crippen LogP) is 2.99. The zero-order valence-electron chi connectivity index (χ0n) is 18.1. The lowest BCUT2D eigenvalue weighted by Crippen LogP contribution is -2.48. The van der Waals surface area contributed by atoms with Crippen LogP contribution in [0.1, 0.15) is 21.7 Å². The Labute approximate surface area is 187 Å². The topological polar surface area (TPSA) is 90.7 Å². The molecule has 0 unspecified atom stereocenters. The number of nitrogens with one attached hydrogen (secondary N) is 2. The number of nitrogens with zero attached hydrogens (tertiary/aromatic N) is 3. The van der Waals surface area contributed by atoms with Crippen LogP contribution in [0.25, 0.3) is 0 Å². The van der Waals surface area contributed by atoms with Gasteiger partial charge < -0.3 is 15.2 Å². The van der Waals surface area contributed by atoms with Gasteiger partial charge in [-0.2, -0.15) is 0 Å². The third-order valence-corrected chi connectivity index (χ3v) is 5.35. The van der Waals surface area contributed by atoms with E-state index in [-0.39, 0.29) is 11.8 Å². The highest BCUT2D eigenvalue weighted by Gasteiger charge is 2.20. The monoisotopic (exact) mass is 433 g/mol. The smallest absolute Gasteiger partial charge is 0.255 e. The number of benzene rings is 2. The maximum atomic E-state index is 12.6. The summed E-state index contributed by atoms with van der Waals surface area (Å²) in [6.45, 7) is 6.21. The molecule has 32 heavy (non-hydrogen) atoms. The first-order valence-corrected chi connectivity index (χ1v) is 10.7. The summed E-state index contributed by atoms with van der Waals surface area (Å²) in [7, 11) is 0. The highest BCUT2D eigenvalue weighted by atomic mass is 16.5. The number of para-hydroxylation sites is 1. The second-order valence-corrected chi connectivity index (χ2v) is 7.94. The van der Waals surface area contributed by atoms with Gasteiger partial charge in [0, 0.05) is 50.0 Å². The SMILES string of the molecule is Cc1cc(NC(=O)CN2CCN(Cc3cccc(C(=O)Nc4ccccc4)c3)CC2)no1. The molecule has 2 amide bonds. The van der Waals surface area contributed by atoms with E-state index in [2.05, 4.69) is 25.6 Å². The van der Waals surface area contributed by atoms with Crippen molar-refractivity contribution in [2.75, 3.05) is 43.4 Å². The number of carbonyl (C=O) groups is 2. The zero-order valence-corrected chi connectivity index (χ0v) is 18.1. The highest BCUT2D eigenvalue weighted by molar-refractivity contribution is 6.04. The molecule has 3 aromatic rings. The first kappa shape index (κ1) is 21.7. The molecule has 2 N–H and O–H groups in total. The molecule has 1 saturated heterocycles. The van der Waals surface area contributed by atoms with E-state index in [0.29, 0.717) is 23.7 Å². The number of rotatable bonds is 7. The average molecular weight is 434 g/mol. The molecule has 0 saturated carbocycles. The number of piperazine rings is 1. The summed E-state index contributed by atoms with van der Waals surface area (Å²) >= 11 is 0. The zero-order chi connectivity index (χ0) is 22.3. The molecule has 1 fully saturated rings. The van der Waals surface area contributed by atoms with Crippen LogP contribution >= 0.6 is 0 Å². The number of aryl methyl sites for hydroxylation is 1. The summed E-state index contributed by atoms with van der Waals surface area (Å²) in [6, 6.07) is 18.9. The second kappa shape index (κ2) is 10.2. The molecule has 1 aliphatic rings. The van der Waals surface area contributed by atoms with E-state index in [1.54, 1.807) is 13.0 Å². The summed E-state index contributed by atoms with van der Waals surface area (Å²) in [5.74, 6) is 0.901. The Kier molecular flexibility index (Phi) is 6.94. The summed E-state index contributed by atoms with van der Waals surface area (Å²) in [5.41, 5.74) is 2.52. The maximum absolute atomic E-state index is 12.6. The summed E-state index contributed by atoms with van der Waals surface area (Å²) in [5, 5.41) is 9.47. The molecule has 1 aromatic heterocycles. The Morgan fingerprint density at radius 3 is 2.41 bits per heavy atom. The van der Waals surface area contributed by atoms with Gasteiger partial charge in [-0.25, -0.2) is 0 Å². The highest BCUT2D eigenvalue weighted by Crippen LogP contribution is 2.14. The molecule has 8 heteroatoms. The van der Waals surface area contributed by atoms with Crippen molar-refractivity contribution in [2.24, 2.45) is 0 Å². The molecule has 8 nitrogen and oxygen atoms in total. The molecular formula is C24H27N5O3. The molecule has 1 aliphatic heterocycles. The van der Waals surface area contributed by atoms with E-state index < -0.39 is 0 Å².